The molecule has 1 saturated carbocycles. The van der Waals surface area contributed by atoms with Crippen LogP contribution < -0.4 is 5.73 Å². The van der Waals surface area contributed by atoms with E-state index in [4.69, 9.17) is 15.0 Å². The van der Waals surface area contributed by atoms with E-state index in [-0.39, 0.29) is 11.6 Å². The highest BCUT2D eigenvalue weighted by Gasteiger charge is 2.40. The Morgan fingerprint density at radius 2 is 2.05 bits per heavy atom. The van der Waals surface area contributed by atoms with Crippen LogP contribution in [0.15, 0.2) is 4.52 Å². The first-order valence-corrected chi connectivity index (χ1v) is 7.19. The number of ether oxygens (including phenoxy) is 1. The molecule has 19 heavy (non-hydrogen) atoms. The molecule has 5 heteroatoms. The van der Waals surface area contributed by atoms with E-state index < -0.39 is 0 Å². The van der Waals surface area contributed by atoms with Gasteiger partial charge in [-0.3, -0.25) is 0 Å². The maximum Gasteiger partial charge on any atom is 0.228 e. The lowest BCUT2D eigenvalue weighted by atomic mass is 10.0. The minimum absolute atomic E-state index is 0.0790. The Kier molecular flexibility index (Phi) is 4.58. The van der Waals surface area contributed by atoms with Gasteiger partial charge in [0, 0.05) is 19.6 Å². The van der Waals surface area contributed by atoms with Gasteiger partial charge in [-0.2, -0.15) is 4.98 Å². The van der Waals surface area contributed by atoms with E-state index in [1.807, 2.05) is 0 Å². The van der Waals surface area contributed by atoms with Crippen LogP contribution in [0.25, 0.3) is 0 Å². The van der Waals surface area contributed by atoms with Crippen molar-refractivity contribution in [3.8, 4) is 0 Å². The van der Waals surface area contributed by atoms with Gasteiger partial charge >= 0.3 is 0 Å². The minimum atomic E-state index is -0.329. The van der Waals surface area contributed by atoms with Crippen molar-refractivity contribution in [2.75, 3.05) is 7.11 Å². The molecule has 108 valence electrons. The Bertz CT molecular complexity index is 397. The average Bonchev–Trinajstić information content (AvgIpc) is 2.96. The van der Waals surface area contributed by atoms with Crippen molar-refractivity contribution in [3.05, 3.63) is 11.7 Å². The molecular weight excluding hydrogens is 242 g/mol. The topological polar surface area (TPSA) is 74.2 Å². The lowest BCUT2D eigenvalue weighted by Gasteiger charge is -2.22. The van der Waals surface area contributed by atoms with E-state index in [1.54, 1.807) is 7.11 Å². The first kappa shape index (κ1) is 14.5. The Morgan fingerprint density at radius 3 is 2.63 bits per heavy atom. The highest BCUT2D eigenvalue weighted by Crippen LogP contribution is 2.40. The smallest absolute Gasteiger partial charge is 0.228 e. The fourth-order valence-corrected chi connectivity index (χ4v) is 2.90. The number of nitrogens with zero attached hydrogens (tertiary/aromatic N) is 2. The van der Waals surface area contributed by atoms with Crippen molar-refractivity contribution in [2.45, 2.75) is 64.0 Å². The molecule has 1 unspecified atom stereocenters. The maximum absolute atomic E-state index is 6.08. The molecule has 0 spiro atoms. The van der Waals surface area contributed by atoms with Crippen molar-refractivity contribution in [1.29, 1.82) is 0 Å². The predicted octanol–water partition coefficient (Wildman–Crippen LogP) is 2.40. The maximum atomic E-state index is 6.08. The lowest BCUT2D eigenvalue weighted by Crippen LogP contribution is -2.27. The van der Waals surface area contributed by atoms with Crippen LogP contribution in [0.2, 0.25) is 0 Å². The zero-order valence-electron chi connectivity index (χ0n) is 12.2. The second-order valence-corrected chi connectivity index (χ2v) is 6.01. The normalized spacial score (nSPS) is 20.1. The number of hydrogen-bond acceptors (Lipinski definition) is 5. The van der Waals surface area contributed by atoms with E-state index in [2.05, 4.69) is 24.0 Å². The van der Waals surface area contributed by atoms with Gasteiger partial charge in [0.2, 0.25) is 11.7 Å². The quantitative estimate of drug-likeness (QED) is 0.856. The lowest BCUT2D eigenvalue weighted by molar-refractivity contribution is -0.0178. The molecular formula is C14H25N3O2. The van der Waals surface area contributed by atoms with Crippen LogP contribution in [0.4, 0.5) is 0 Å². The molecule has 1 heterocycles. The average molecular weight is 267 g/mol. The molecule has 2 N–H and O–H groups in total. The van der Waals surface area contributed by atoms with E-state index >= 15 is 0 Å². The third-order valence-corrected chi connectivity index (χ3v) is 3.89. The third kappa shape index (κ3) is 3.34. The van der Waals surface area contributed by atoms with E-state index in [0.717, 1.165) is 32.1 Å². The van der Waals surface area contributed by atoms with E-state index in [0.29, 0.717) is 24.1 Å². The van der Waals surface area contributed by atoms with Crippen molar-refractivity contribution < 1.29 is 9.26 Å². The minimum Gasteiger partial charge on any atom is -0.370 e. The number of hydrogen-bond donors (Lipinski definition) is 1. The first-order chi connectivity index (χ1) is 9.05. The molecule has 0 amide bonds. The number of nitrogens with two attached hydrogens (primary N) is 1. The summed E-state index contributed by atoms with van der Waals surface area (Å²) in [5.74, 6) is 1.91. The van der Waals surface area contributed by atoms with Crippen LogP contribution in [-0.2, 0) is 16.8 Å². The second-order valence-electron chi connectivity index (χ2n) is 6.01. The fourth-order valence-electron chi connectivity index (χ4n) is 2.90. The van der Waals surface area contributed by atoms with Gasteiger partial charge in [-0.15, -0.1) is 0 Å². The largest absolute Gasteiger partial charge is 0.370 e. The van der Waals surface area contributed by atoms with Gasteiger partial charge < -0.3 is 15.0 Å². The summed E-state index contributed by atoms with van der Waals surface area (Å²) in [6, 6.07) is 0.0790. The molecule has 0 aliphatic heterocycles. The van der Waals surface area contributed by atoms with Crippen LogP contribution in [0.3, 0.4) is 0 Å². The Labute approximate surface area is 114 Å². The summed E-state index contributed by atoms with van der Waals surface area (Å²) < 4.78 is 11.0. The molecule has 1 aromatic heterocycles. The molecule has 2 rings (SSSR count). The van der Waals surface area contributed by atoms with Crippen molar-refractivity contribution in [1.82, 2.24) is 10.1 Å². The van der Waals surface area contributed by atoms with Crippen molar-refractivity contribution in [3.63, 3.8) is 0 Å². The molecule has 5 nitrogen and oxygen atoms in total. The van der Waals surface area contributed by atoms with Gasteiger partial charge in [0.1, 0.15) is 5.60 Å². The van der Waals surface area contributed by atoms with Crippen LogP contribution in [0.1, 0.15) is 57.7 Å². The zero-order chi connectivity index (χ0) is 13.9. The Morgan fingerprint density at radius 1 is 1.37 bits per heavy atom. The number of aromatic nitrogens is 2. The fraction of sp³-hybridized carbons (Fsp3) is 0.857. The molecule has 1 aromatic rings. The molecule has 1 fully saturated rings. The van der Waals surface area contributed by atoms with Gasteiger partial charge in [-0.1, -0.05) is 19.0 Å². The summed E-state index contributed by atoms with van der Waals surface area (Å²) >= 11 is 0. The van der Waals surface area contributed by atoms with Crippen molar-refractivity contribution in [2.24, 2.45) is 11.7 Å². The van der Waals surface area contributed by atoms with Gasteiger partial charge in [0.15, 0.2) is 0 Å². The molecule has 1 aliphatic carbocycles. The predicted molar refractivity (Wildman–Crippen MR) is 72.6 cm³/mol. The van der Waals surface area contributed by atoms with Crippen LogP contribution >= 0.6 is 0 Å². The van der Waals surface area contributed by atoms with Crippen molar-refractivity contribution >= 4 is 0 Å². The van der Waals surface area contributed by atoms with Crippen LogP contribution in [0, 0.1) is 5.92 Å². The summed E-state index contributed by atoms with van der Waals surface area (Å²) in [6.45, 7) is 4.33. The summed E-state index contributed by atoms with van der Waals surface area (Å²) in [6.07, 6.45) is 5.87. The first-order valence-electron chi connectivity index (χ1n) is 7.19. The summed E-state index contributed by atoms with van der Waals surface area (Å²) in [5, 5.41) is 4.11. The van der Waals surface area contributed by atoms with Gasteiger partial charge in [0.25, 0.3) is 0 Å². The van der Waals surface area contributed by atoms with Crippen LogP contribution in [0.5, 0.6) is 0 Å². The van der Waals surface area contributed by atoms with Gasteiger partial charge in [-0.25, -0.2) is 0 Å². The summed E-state index contributed by atoms with van der Waals surface area (Å²) in [4.78, 5) is 4.50. The molecule has 1 aliphatic rings. The van der Waals surface area contributed by atoms with Gasteiger partial charge in [0.05, 0.1) is 0 Å². The zero-order valence-corrected chi connectivity index (χ0v) is 12.2. The molecule has 0 radical (unpaired) electrons. The summed E-state index contributed by atoms with van der Waals surface area (Å²) in [5.41, 5.74) is 5.75. The standard InChI is InChI=1S/C14H25N3O2/c1-10(2)8-11(15)9-12-16-13(17-19-12)14(18-3)6-4-5-7-14/h10-11H,4-9,15H2,1-3H3. The Hall–Kier alpha value is -0.940. The number of rotatable bonds is 6. The molecule has 0 aromatic carbocycles. The third-order valence-electron chi connectivity index (χ3n) is 3.89. The highest BCUT2D eigenvalue weighted by molar-refractivity contribution is 5.04. The molecule has 0 saturated heterocycles. The summed E-state index contributed by atoms with van der Waals surface area (Å²) in [7, 11) is 1.73. The molecule has 0 bridgehead atoms. The number of methoxy groups -OCH3 is 1. The SMILES string of the molecule is COC1(c2noc(CC(N)CC(C)C)n2)CCCC1. The van der Waals surface area contributed by atoms with E-state index in [9.17, 15) is 0 Å². The van der Waals surface area contributed by atoms with E-state index in [1.165, 1.54) is 0 Å². The van der Waals surface area contributed by atoms with Gasteiger partial charge in [-0.05, 0) is 38.0 Å². The molecule has 1 atom stereocenters. The Balaban J connectivity index is 2.02. The second kappa shape index (κ2) is 6.01. The monoisotopic (exact) mass is 267 g/mol. The van der Waals surface area contributed by atoms with Crippen LogP contribution in [-0.4, -0.2) is 23.3 Å². The highest BCUT2D eigenvalue weighted by atomic mass is 16.5.